The van der Waals surface area contributed by atoms with Crippen molar-refractivity contribution in [1.82, 2.24) is 0 Å². The van der Waals surface area contributed by atoms with E-state index in [0.717, 1.165) is 29.8 Å². The summed E-state index contributed by atoms with van der Waals surface area (Å²) in [6, 6.07) is 5.69. The van der Waals surface area contributed by atoms with Gasteiger partial charge in [-0.25, -0.2) is 0 Å². The summed E-state index contributed by atoms with van der Waals surface area (Å²) in [5.41, 5.74) is 13.7. The number of nitrogens with two attached hydrogens (primary N) is 2. The Balaban J connectivity index is 2.89. The average molecular weight is 208 g/mol. The Labute approximate surface area is 91.4 Å². The van der Waals surface area contributed by atoms with E-state index in [-0.39, 0.29) is 6.04 Å². The topological polar surface area (TPSA) is 61.3 Å². The molecule has 1 unspecified atom stereocenters. The van der Waals surface area contributed by atoms with Crippen molar-refractivity contribution in [2.24, 2.45) is 5.73 Å². The molecule has 0 aliphatic heterocycles. The molecule has 0 saturated heterocycles. The Morgan fingerprint density at radius 1 is 1.33 bits per heavy atom. The number of nitrogen functional groups attached to an aromatic ring is 1. The number of benzene rings is 1. The fourth-order valence-electron chi connectivity index (χ4n) is 1.60. The van der Waals surface area contributed by atoms with Crippen molar-refractivity contribution in [1.29, 1.82) is 0 Å². The fourth-order valence-corrected chi connectivity index (χ4v) is 1.60. The van der Waals surface area contributed by atoms with Crippen molar-refractivity contribution < 1.29 is 4.74 Å². The molecule has 3 nitrogen and oxygen atoms in total. The summed E-state index contributed by atoms with van der Waals surface area (Å²) in [7, 11) is 0. The lowest BCUT2D eigenvalue weighted by Gasteiger charge is -2.15. The van der Waals surface area contributed by atoms with E-state index in [1.807, 2.05) is 25.1 Å². The van der Waals surface area contributed by atoms with Crippen LogP contribution in [0.25, 0.3) is 0 Å². The standard InChI is InChI=1S/C12H20N2O/c1-3-5-11(13)10-8-9(15-4-2)6-7-12(10)14/h6-8,11H,3-5,13-14H2,1-2H3. The highest BCUT2D eigenvalue weighted by Gasteiger charge is 2.09. The average Bonchev–Trinajstić information content (AvgIpc) is 2.21. The van der Waals surface area contributed by atoms with E-state index in [4.69, 9.17) is 16.2 Å². The van der Waals surface area contributed by atoms with Gasteiger partial charge in [-0.1, -0.05) is 13.3 Å². The van der Waals surface area contributed by atoms with Gasteiger partial charge in [0.15, 0.2) is 0 Å². The molecule has 0 spiro atoms. The van der Waals surface area contributed by atoms with E-state index in [2.05, 4.69) is 6.92 Å². The lowest BCUT2D eigenvalue weighted by Crippen LogP contribution is -2.12. The zero-order valence-electron chi connectivity index (χ0n) is 9.49. The molecule has 15 heavy (non-hydrogen) atoms. The van der Waals surface area contributed by atoms with E-state index >= 15 is 0 Å². The van der Waals surface area contributed by atoms with Crippen LogP contribution in [0, 0.1) is 0 Å². The summed E-state index contributed by atoms with van der Waals surface area (Å²) < 4.78 is 5.42. The van der Waals surface area contributed by atoms with Gasteiger partial charge in [-0.15, -0.1) is 0 Å². The minimum absolute atomic E-state index is 0.00964. The summed E-state index contributed by atoms with van der Waals surface area (Å²) >= 11 is 0. The van der Waals surface area contributed by atoms with Gasteiger partial charge in [0, 0.05) is 11.7 Å². The Morgan fingerprint density at radius 2 is 2.07 bits per heavy atom. The van der Waals surface area contributed by atoms with Crippen molar-refractivity contribution in [2.75, 3.05) is 12.3 Å². The van der Waals surface area contributed by atoms with E-state index in [1.54, 1.807) is 0 Å². The van der Waals surface area contributed by atoms with E-state index in [0.29, 0.717) is 6.61 Å². The molecule has 0 radical (unpaired) electrons. The molecule has 1 aromatic rings. The first-order valence-electron chi connectivity index (χ1n) is 5.46. The minimum Gasteiger partial charge on any atom is -0.494 e. The highest BCUT2D eigenvalue weighted by Crippen LogP contribution is 2.26. The van der Waals surface area contributed by atoms with Crippen LogP contribution in [-0.4, -0.2) is 6.61 Å². The lowest BCUT2D eigenvalue weighted by molar-refractivity contribution is 0.339. The molecule has 0 aliphatic carbocycles. The number of ether oxygens (including phenoxy) is 1. The second kappa shape index (κ2) is 5.61. The molecular weight excluding hydrogens is 188 g/mol. The van der Waals surface area contributed by atoms with Gasteiger partial charge in [0.2, 0.25) is 0 Å². The van der Waals surface area contributed by atoms with Crippen LogP contribution in [0.1, 0.15) is 38.3 Å². The lowest BCUT2D eigenvalue weighted by atomic mass is 10.0. The fraction of sp³-hybridized carbons (Fsp3) is 0.500. The van der Waals surface area contributed by atoms with Crippen LogP contribution in [0.5, 0.6) is 5.75 Å². The highest BCUT2D eigenvalue weighted by molar-refractivity contribution is 5.52. The molecule has 0 saturated carbocycles. The maximum atomic E-state index is 6.04. The van der Waals surface area contributed by atoms with E-state index < -0.39 is 0 Å². The first-order chi connectivity index (χ1) is 7.19. The van der Waals surface area contributed by atoms with Gasteiger partial charge in [-0.3, -0.25) is 0 Å². The maximum absolute atomic E-state index is 6.04. The summed E-state index contributed by atoms with van der Waals surface area (Å²) in [4.78, 5) is 0. The molecular formula is C12H20N2O. The predicted molar refractivity (Wildman–Crippen MR) is 63.9 cm³/mol. The van der Waals surface area contributed by atoms with E-state index in [9.17, 15) is 0 Å². The third-order valence-corrected chi connectivity index (χ3v) is 2.37. The Morgan fingerprint density at radius 3 is 2.67 bits per heavy atom. The molecule has 0 fully saturated rings. The van der Waals surface area contributed by atoms with Gasteiger partial charge in [-0.05, 0) is 37.1 Å². The second-order valence-corrected chi connectivity index (χ2v) is 3.62. The summed E-state index contributed by atoms with van der Waals surface area (Å²) in [6.45, 7) is 4.73. The van der Waals surface area contributed by atoms with Gasteiger partial charge in [0.25, 0.3) is 0 Å². The zero-order valence-corrected chi connectivity index (χ0v) is 9.49. The smallest absolute Gasteiger partial charge is 0.119 e. The van der Waals surface area contributed by atoms with Crippen LogP contribution < -0.4 is 16.2 Å². The molecule has 1 rings (SSSR count). The summed E-state index contributed by atoms with van der Waals surface area (Å²) in [5, 5.41) is 0. The Hall–Kier alpha value is -1.22. The monoisotopic (exact) mass is 208 g/mol. The van der Waals surface area contributed by atoms with Crippen LogP contribution in [0.15, 0.2) is 18.2 Å². The summed E-state index contributed by atoms with van der Waals surface area (Å²) in [5.74, 6) is 0.841. The largest absolute Gasteiger partial charge is 0.494 e. The number of anilines is 1. The van der Waals surface area contributed by atoms with Crippen LogP contribution in [0.3, 0.4) is 0 Å². The van der Waals surface area contributed by atoms with Crippen molar-refractivity contribution in [2.45, 2.75) is 32.7 Å². The number of rotatable bonds is 5. The molecule has 0 aliphatic rings. The molecule has 0 bridgehead atoms. The van der Waals surface area contributed by atoms with Gasteiger partial charge >= 0.3 is 0 Å². The molecule has 84 valence electrons. The second-order valence-electron chi connectivity index (χ2n) is 3.62. The summed E-state index contributed by atoms with van der Waals surface area (Å²) in [6.07, 6.45) is 2.00. The van der Waals surface area contributed by atoms with Crippen molar-refractivity contribution in [3.05, 3.63) is 23.8 Å². The van der Waals surface area contributed by atoms with Crippen molar-refractivity contribution in [3.63, 3.8) is 0 Å². The quantitative estimate of drug-likeness (QED) is 0.731. The molecule has 3 heteroatoms. The van der Waals surface area contributed by atoms with Crippen LogP contribution in [0.2, 0.25) is 0 Å². The van der Waals surface area contributed by atoms with Gasteiger partial charge in [0.05, 0.1) is 6.61 Å². The first kappa shape index (κ1) is 11.9. The molecule has 0 aromatic heterocycles. The third kappa shape index (κ3) is 3.13. The molecule has 4 N–H and O–H groups in total. The number of hydrogen-bond donors (Lipinski definition) is 2. The molecule has 0 heterocycles. The van der Waals surface area contributed by atoms with Crippen molar-refractivity contribution >= 4 is 5.69 Å². The third-order valence-electron chi connectivity index (χ3n) is 2.37. The molecule has 1 atom stereocenters. The normalized spacial score (nSPS) is 12.5. The Bertz CT molecular complexity index is 312. The van der Waals surface area contributed by atoms with Crippen LogP contribution >= 0.6 is 0 Å². The van der Waals surface area contributed by atoms with Gasteiger partial charge in [-0.2, -0.15) is 0 Å². The maximum Gasteiger partial charge on any atom is 0.119 e. The Kier molecular flexibility index (Phi) is 4.43. The highest BCUT2D eigenvalue weighted by atomic mass is 16.5. The molecule has 1 aromatic carbocycles. The van der Waals surface area contributed by atoms with Gasteiger partial charge < -0.3 is 16.2 Å². The first-order valence-corrected chi connectivity index (χ1v) is 5.46. The zero-order chi connectivity index (χ0) is 11.3. The van der Waals surface area contributed by atoms with E-state index in [1.165, 1.54) is 0 Å². The predicted octanol–water partition coefficient (Wildman–Crippen LogP) is 2.47. The number of hydrogen-bond acceptors (Lipinski definition) is 3. The minimum atomic E-state index is 0.00964. The SMILES string of the molecule is CCCC(N)c1cc(OCC)ccc1N. The van der Waals surface area contributed by atoms with Crippen molar-refractivity contribution in [3.8, 4) is 5.75 Å². The van der Waals surface area contributed by atoms with Crippen LogP contribution in [-0.2, 0) is 0 Å². The molecule has 0 amide bonds. The van der Waals surface area contributed by atoms with Gasteiger partial charge in [0.1, 0.15) is 5.75 Å². The van der Waals surface area contributed by atoms with Crippen LogP contribution in [0.4, 0.5) is 5.69 Å².